The van der Waals surface area contributed by atoms with Crippen molar-refractivity contribution < 1.29 is 19.4 Å². The van der Waals surface area contributed by atoms with Crippen LogP contribution in [0.2, 0.25) is 0 Å². The lowest BCUT2D eigenvalue weighted by molar-refractivity contribution is -0.191. The molecule has 2 saturated heterocycles. The van der Waals surface area contributed by atoms with Gasteiger partial charge in [-0.25, -0.2) is 4.79 Å². The Labute approximate surface area is 68.9 Å². The van der Waals surface area contributed by atoms with E-state index in [2.05, 4.69) is 0 Å². The van der Waals surface area contributed by atoms with E-state index < -0.39 is 6.09 Å². The number of carbonyl (C=O) groups is 2. The van der Waals surface area contributed by atoms with Crippen molar-refractivity contribution in [1.82, 2.24) is 4.90 Å². The van der Waals surface area contributed by atoms with Crippen molar-refractivity contribution in [1.29, 1.82) is 0 Å². The summed E-state index contributed by atoms with van der Waals surface area (Å²) in [4.78, 5) is 22.5. The molecule has 0 aliphatic carbocycles. The Kier molecular flexibility index (Phi) is 1.46. The quantitative estimate of drug-likeness (QED) is 0.517. The summed E-state index contributed by atoms with van der Waals surface area (Å²) in [7, 11) is 0. The Bertz CT molecular complexity index is 240. The third-order valence-corrected chi connectivity index (χ3v) is 2.40. The van der Waals surface area contributed by atoms with E-state index in [4.69, 9.17) is 9.84 Å². The second-order valence-electron chi connectivity index (χ2n) is 3.10. The summed E-state index contributed by atoms with van der Waals surface area (Å²) in [5, 5.41) is 8.62. The first-order valence-electron chi connectivity index (χ1n) is 3.87. The lowest BCUT2D eigenvalue weighted by Crippen LogP contribution is -2.57. The molecule has 2 rings (SSSR count). The molecule has 12 heavy (non-hydrogen) atoms. The third-order valence-electron chi connectivity index (χ3n) is 2.40. The maximum Gasteiger partial charge on any atom is 0.407 e. The van der Waals surface area contributed by atoms with Crippen molar-refractivity contribution in [3.05, 3.63) is 0 Å². The highest BCUT2D eigenvalue weighted by Crippen LogP contribution is 2.30. The van der Waals surface area contributed by atoms with Crippen molar-refractivity contribution >= 4 is 12.1 Å². The van der Waals surface area contributed by atoms with Crippen LogP contribution < -0.4 is 0 Å². The van der Waals surface area contributed by atoms with E-state index >= 15 is 0 Å². The Morgan fingerprint density at radius 2 is 2.42 bits per heavy atom. The van der Waals surface area contributed by atoms with Crippen molar-refractivity contribution in [2.45, 2.75) is 12.5 Å². The van der Waals surface area contributed by atoms with E-state index in [1.165, 1.54) is 4.90 Å². The van der Waals surface area contributed by atoms with E-state index in [1.54, 1.807) is 0 Å². The van der Waals surface area contributed by atoms with Gasteiger partial charge in [0.25, 0.3) is 0 Å². The number of amides is 1. The first kappa shape index (κ1) is 7.39. The molecule has 0 bridgehead atoms. The SMILES string of the molecule is O=C1O[C@H]2CN(C(=O)O)CC[C@@H]12. The second-order valence-corrected chi connectivity index (χ2v) is 3.10. The summed E-state index contributed by atoms with van der Waals surface area (Å²) in [5.74, 6) is -0.217. The molecule has 66 valence electrons. The van der Waals surface area contributed by atoms with E-state index in [0.717, 1.165) is 0 Å². The van der Waals surface area contributed by atoms with Gasteiger partial charge < -0.3 is 14.7 Å². The minimum Gasteiger partial charge on any atom is -0.465 e. The summed E-state index contributed by atoms with van der Waals surface area (Å²) in [6.07, 6.45) is -0.505. The largest absolute Gasteiger partial charge is 0.465 e. The van der Waals surface area contributed by atoms with Crippen LogP contribution in [0.4, 0.5) is 4.79 Å². The van der Waals surface area contributed by atoms with Crippen LogP contribution in [0.1, 0.15) is 6.42 Å². The number of nitrogens with zero attached hydrogens (tertiary/aromatic N) is 1. The van der Waals surface area contributed by atoms with E-state index in [9.17, 15) is 9.59 Å². The molecule has 0 spiro atoms. The molecule has 2 aliphatic rings. The molecule has 0 aromatic heterocycles. The van der Waals surface area contributed by atoms with Gasteiger partial charge in [-0.1, -0.05) is 0 Å². The molecule has 5 heteroatoms. The Morgan fingerprint density at radius 1 is 1.67 bits per heavy atom. The van der Waals surface area contributed by atoms with Crippen LogP contribution in [0.15, 0.2) is 0 Å². The molecule has 2 aliphatic heterocycles. The van der Waals surface area contributed by atoms with Crippen LogP contribution in [0.5, 0.6) is 0 Å². The van der Waals surface area contributed by atoms with Gasteiger partial charge in [0.2, 0.25) is 0 Å². The Balaban J connectivity index is 1.97. The summed E-state index contributed by atoms with van der Waals surface area (Å²) >= 11 is 0. The standard InChI is InChI=1S/C7H9NO4/c9-6-4-1-2-8(7(10)11)3-5(4)12-6/h4-5H,1-3H2,(H,10,11)/t4-,5+/m1/s1. The minimum absolute atomic E-state index is 0.0411. The molecule has 1 N–H and O–H groups in total. The van der Waals surface area contributed by atoms with Gasteiger partial charge in [-0.2, -0.15) is 0 Å². The minimum atomic E-state index is -0.934. The molecule has 0 radical (unpaired) electrons. The number of carbonyl (C=O) groups excluding carboxylic acids is 1. The van der Waals surface area contributed by atoms with Gasteiger partial charge >= 0.3 is 12.1 Å². The molecule has 2 atom stereocenters. The molecule has 0 aromatic carbocycles. The zero-order chi connectivity index (χ0) is 8.72. The molecule has 0 aromatic rings. The highest BCUT2D eigenvalue weighted by atomic mass is 16.6. The number of hydrogen-bond acceptors (Lipinski definition) is 3. The first-order valence-corrected chi connectivity index (χ1v) is 3.87. The van der Waals surface area contributed by atoms with E-state index in [1.807, 2.05) is 0 Å². The van der Waals surface area contributed by atoms with Crippen molar-refractivity contribution in [2.24, 2.45) is 5.92 Å². The number of fused-ring (bicyclic) bond motifs is 1. The smallest absolute Gasteiger partial charge is 0.407 e. The monoisotopic (exact) mass is 171 g/mol. The average Bonchev–Trinajstić information content (AvgIpc) is 2.01. The molecule has 1 amide bonds. The molecular formula is C7H9NO4. The fourth-order valence-electron chi connectivity index (χ4n) is 1.64. The lowest BCUT2D eigenvalue weighted by Gasteiger charge is -2.42. The van der Waals surface area contributed by atoms with Crippen LogP contribution >= 0.6 is 0 Å². The Morgan fingerprint density at radius 3 is 2.92 bits per heavy atom. The molecule has 0 unspecified atom stereocenters. The average molecular weight is 171 g/mol. The number of carboxylic acid groups (broad SMARTS) is 1. The normalized spacial score (nSPS) is 33.3. The maximum atomic E-state index is 10.8. The zero-order valence-corrected chi connectivity index (χ0v) is 6.40. The lowest BCUT2D eigenvalue weighted by atomic mass is 9.89. The van der Waals surface area contributed by atoms with Crippen LogP contribution in [-0.2, 0) is 9.53 Å². The molecule has 5 nitrogen and oxygen atoms in total. The van der Waals surface area contributed by atoms with Gasteiger partial charge in [-0.15, -0.1) is 0 Å². The predicted octanol–water partition coefficient (Wildman–Crippen LogP) is -0.0883. The number of rotatable bonds is 0. The first-order chi connectivity index (χ1) is 5.68. The zero-order valence-electron chi connectivity index (χ0n) is 6.40. The summed E-state index contributed by atoms with van der Waals surface area (Å²) in [6.45, 7) is 0.789. The van der Waals surface area contributed by atoms with Gasteiger partial charge in [-0.3, -0.25) is 4.79 Å². The van der Waals surface area contributed by atoms with Crippen LogP contribution in [0.3, 0.4) is 0 Å². The molecular weight excluding hydrogens is 162 g/mol. The van der Waals surface area contributed by atoms with Crippen LogP contribution in [0.25, 0.3) is 0 Å². The number of piperidine rings is 1. The molecule has 0 saturated carbocycles. The highest BCUT2D eigenvalue weighted by molar-refractivity contribution is 5.79. The Hall–Kier alpha value is -1.26. The molecule has 2 fully saturated rings. The van der Waals surface area contributed by atoms with Gasteiger partial charge in [0, 0.05) is 6.54 Å². The van der Waals surface area contributed by atoms with Crippen molar-refractivity contribution in [3.63, 3.8) is 0 Å². The number of ether oxygens (including phenoxy) is 1. The number of hydrogen-bond donors (Lipinski definition) is 1. The van der Waals surface area contributed by atoms with Gasteiger partial charge in [0.05, 0.1) is 12.5 Å². The van der Waals surface area contributed by atoms with Crippen LogP contribution in [-0.4, -0.2) is 41.3 Å². The van der Waals surface area contributed by atoms with Crippen molar-refractivity contribution in [2.75, 3.05) is 13.1 Å². The second kappa shape index (κ2) is 2.36. The number of likely N-dealkylation sites (tertiary alicyclic amines) is 1. The van der Waals surface area contributed by atoms with Gasteiger partial charge in [-0.05, 0) is 6.42 Å². The topological polar surface area (TPSA) is 66.8 Å². The highest BCUT2D eigenvalue weighted by Gasteiger charge is 2.46. The van der Waals surface area contributed by atoms with Gasteiger partial charge in [0.15, 0.2) is 0 Å². The summed E-state index contributed by atoms with van der Waals surface area (Å²) in [5.41, 5.74) is 0. The molecule has 2 heterocycles. The summed E-state index contributed by atoms with van der Waals surface area (Å²) < 4.78 is 4.78. The van der Waals surface area contributed by atoms with Crippen molar-refractivity contribution in [3.8, 4) is 0 Å². The third kappa shape index (κ3) is 0.929. The summed E-state index contributed by atoms with van der Waals surface area (Å²) in [6, 6.07) is 0. The maximum absolute atomic E-state index is 10.8. The van der Waals surface area contributed by atoms with E-state index in [0.29, 0.717) is 19.5 Å². The van der Waals surface area contributed by atoms with Gasteiger partial charge in [0.1, 0.15) is 6.10 Å². The fraction of sp³-hybridized carbons (Fsp3) is 0.714. The van der Waals surface area contributed by atoms with E-state index in [-0.39, 0.29) is 18.0 Å². The van der Waals surface area contributed by atoms with Crippen LogP contribution in [0, 0.1) is 5.92 Å². The number of esters is 1. The fourth-order valence-corrected chi connectivity index (χ4v) is 1.64. The predicted molar refractivity (Wildman–Crippen MR) is 37.6 cm³/mol.